The molecule has 0 saturated carbocycles. The quantitative estimate of drug-likeness (QED) is 0.527. The summed E-state index contributed by atoms with van der Waals surface area (Å²) in [6.07, 6.45) is 7.74. The molecule has 0 spiro atoms. The number of hydrogen-bond acceptors (Lipinski definition) is 2. The SMILES string of the molecule is O=C(C=CC1=CC(Cl)C(O)(Cl)C=C1)c1ccccc1. The molecule has 2 rings (SSSR count). The third-order valence-electron chi connectivity index (χ3n) is 2.72. The van der Waals surface area contributed by atoms with Crippen molar-refractivity contribution in [2.24, 2.45) is 0 Å². The number of halogens is 2. The van der Waals surface area contributed by atoms with Gasteiger partial charge in [-0.2, -0.15) is 0 Å². The van der Waals surface area contributed by atoms with E-state index in [1.165, 1.54) is 12.2 Å². The number of alkyl halides is 2. The molecule has 0 aromatic heterocycles. The van der Waals surface area contributed by atoms with E-state index in [1.54, 1.807) is 30.4 Å². The first-order valence-electron chi connectivity index (χ1n) is 5.73. The maximum absolute atomic E-state index is 11.8. The molecule has 1 N–H and O–H groups in total. The Morgan fingerprint density at radius 1 is 1.32 bits per heavy atom. The Bertz CT molecular complexity index is 557. The Hall–Kier alpha value is -1.35. The summed E-state index contributed by atoms with van der Waals surface area (Å²) < 4.78 is 0. The lowest BCUT2D eigenvalue weighted by Gasteiger charge is -2.23. The third-order valence-corrected chi connectivity index (χ3v) is 3.65. The number of hydrogen-bond donors (Lipinski definition) is 1. The number of rotatable bonds is 3. The van der Waals surface area contributed by atoms with Crippen LogP contribution < -0.4 is 0 Å². The first-order valence-corrected chi connectivity index (χ1v) is 6.54. The van der Waals surface area contributed by atoms with Crippen LogP contribution in [0.1, 0.15) is 10.4 Å². The molecule has 0 bridgehead atoms. The lowest BCUT2D eigenvalue weighted by Crippen LogP contribution is -2.30. The molecule has 98 valence electrons. The maximum Gasteiger partial charge on any atom is 0.185 e. The zero-order chi connectivity index (χ0) is 13.9. The van der Waals surface area contributed by atoms with Gasteiger partial charge in [-0.25, -0.2) is 0 Å². The number of ketones is 1. The Labute approximate surface area is 121 Å². The van der Waals surface area contributed by atoms with Crippen molar-refractivity contribution in [3.63, 3.8) is 0 Å². The minimum Gasteiger partial charge on any atom is -0.370 e. The van der Waals surface area contributed by atoms with Crippen LogP contribution in [0.4, 0.5) is 0 Å². The van der Waals surface area contributed by atoms with E-state index in [0.29, 0.717) is 5.56 Å². The lowest BCUT2D eigenvalue weighted by molar-refractivity contribution is 0.104. The van der Waals surface area contributed by atoms with E-state index in [4.69, 9.17) is 23.2 Å². The molecule has 2 unspecified atom stereocenters. The predicted molar refractivity (Wildman–Crippen MR) is 77.6 cm³/mol. The number of carbonyl (C=O) groups is 1. The normalized spacial score (nSPS) is 26.5. The smallest absolute Gasteiger partial charge is 0.185 e. The van der Waals surface area contributed by atoms with Gasteiger partial charge in [0.15, 0.2) is 10.8 Å². The molecular weight excluding hydrogens is 283 g/mol. The summed E-state index contributed by atoms with van der Waals surface area (Å²) in [5, 5.41) is 7.33. The van der Waals surface area contributed by atoms with E-state index in [1.807, 2.05) is 18.2 Å². The summed E-state index contributed by atoms with van der Waals surface area (Å²) in [6.45, 7) is 0. The molecule has 19 heavy (non-hydrogen) atoms. The van der Waals surface area contributed by atoms with E-state index in [9.17, 15) is 9.90 Å². The standard InChI is InChI=1S/C15H12Cl2O2/c16-14-10-11(8-9-15(14,17)19)6-7-13(18)12-4-2-1-3-5-12/h1-10,14,19H. The van der Waals surface area contributed by atoms with Crippen molar-refractivity contribution in [2.75, 3.05) is 0 Å². The van der Waals surface area contributed by atoms with Gasteiger partial charge in [-0.05, 0) is 17.7 Å². The summed E-state index contributed by atoms with van der Waals surface area (Å²) in [6, 6.07) is 8.97. The van der Waals surface area contributed by atoms with Crippen LogP contribution in [-0.4, -0.2) is 21.3 Å². The molecule has 0 amide bonds. The number of carbonyl (C=O) groups excluding carboxylic acids is 1. The average Bonchev–Trinajstić information content (AvgIpc) is 2.41. The molecule has 0 aliphatic heterocycles. The molecular formula is C15H12Cl2O2. The highest BCUT2D eigenvalue weighted by Gasteiger charge is 2.30. The summed E-state index contributed by atoms with van der Waals surface area (Å²) in [4.78, 5) is 11.8. The fourth-order valence-electron chi connectivity index (χ4n) is 1.63. The Kier molecular flexibility index (Phi) is 4.25. The predicted octanol–water partition coefficient (Wildman–Crippen LogP) is 3.46. The zero-order valence-corrected chi connectivity index (χ0v) is 11.5. The number of aliphatic hydroxyl groups is 1. The van der Waals surface area contributed by atoms with Gasteiger partial charge in [-0.3, -0.25) is 4.79 Å². The molecule has 1 aromatic carbocycles. The van der Waals surface area contributed by atoms with Crippen molar-refractivity contribution in [3.8, 4) is 0 Å². The van der Waals surface area contributed by atoms with Gasteiger partial charge in [-0.1, -0.05) is 60.2 Å². The van der Waals surface area contributed by atoms with E-state index < -0.39 is 10.4 Å². The van der Waals surface area contributed by atoms with Gasteiger partial charge in [0.25, 0.3) is 0 Å². The van der Waals surface area contributed by atoms with Crippen LogP contribution in [0.5, 0.6) is 0 Å². The van der Waals surface area contributed by atoms with Crippen LogP contribution >= 0.6 is 23.2 Å². The van der Waals surface area contributed by atoms with Crippen molar-refractivity contribution < 1.29 is 9.90 Å². The third kappa shape index (κ3) is 3.57. The first kappa shape index (κ1) is 14.1. The molecule has 0 radical (unpaired) electrons. The molecule has 0 heterocycles. The fraction of sp³-hybridized carbons (Fsp3) is 0.133. The van der Waals surface area contributed by atoms with Gasteiger partial charge < -0.3 is 5.11 Å². The van der Waals surface area contributed by atoms with Gasteiger partial charge in [0, 0.05) is 5.56 Å². The average molecular weight is 295 g/mol. The maximum atomic E-state index is 11.8. The molecule has 2 atom stereocenters. The summed E-state index contributed by atoms with van der Waals surface area (Å²) >= 11 is 11.7. The van der Waals surface area contributed by atoms with Crippen LogP contribution in [-0.2, 0) is 0 Å². The van der Waals surface area contributed by atoms with Crippen LogP contribution in [0.2, 0.25) is 0 Å². The summed E-state index contributed by atoms with van der Waals surface area (Å²) in [5.41, 5.74) is 1.35. The number of allylic oxidation sites excluding steroid dienone is 4. The molecule has 1 aliphatic carbocycles. The van der Waals surface area contributed by atoms with E-state index >= 15 is 0 Å². The molecule has 1 aliphatic rings. The molecule has 4 heteroatoms. The van der Waals surface area contributed by atoms with Crippen molar-refractivity contribution in [2.45, 2.75) is 10.4 Å². The molecule has 0 saturated heterocycles. The second-order valence-corrected chi connectivity index (χ2v) is 5.27. The van der Waals surface area contributed by atoms with E-state index in [2.05, 4.69) is 0 Å². The van der Waals surface area contributed by atoms with Gasteiger partial charge in [0.05, 0.1) is 5.38 Å². The van der Waals surface area contributed by atoms with E-state index in [0.717, 1.165) is 5.57 Å². The van der Waals surface area contributed by atoms with Crippen molar-refractivity contribution in [1.82, 2.24) is 0 Å². The van der Waals surface area contributed by atoms with Gasteiger partial charge in [0.2, 0.25) is 0 Å². The van der Waals surface area contributed by atoms with Gasteiger partial charge in [0.1, 0.15) is 0 Å². The van der Waals surface area contributed by atoms with Crippen LogP contribution in [0.15, 0.2) is 66.3 Å². The second-order valence-electron chi connectivity index (χ2n) is 4.19. The number of benzene rings is 1. The molecule has 1 aromatic rings. The summed E-state index contributed by atoms with van der Waals surface area (Å²) in [7, 11) is 0. The Morgan fingerprint density at radius 3 is 2.63 bits per heavy atom. The molecule has 2 nitrogen and oxygen atoms in total. The van der Waals surface area contributed by atoms with Crippen molar-refractivity contribution in [1.29, 1.82) is 0 Å². The highest BCUT2D eigenvalue weighted by Crippen LogP contribution is 2.29. The van der Waals surface area contributed by atoms with Crippen molar-refractivity contribution in [3.05, 3.63) is 71.8 Å². The Morgan fingerprint density at radius 2 is 2.00 bits per heavy atom. The fourth-order valence-corrected chi connectivity index (χ4v) is 1.97. The largest absolute Gasteiger partial charge is 0.370 e. The van der Waals surface area contributed by atoms with Crippen LogP contribution in [0.3, 0.4) is 0 Å². The van der Waals surface area contributed by atoms with E-state index in [-0.39, 0.29) is 5.78 Å². The van der Waals surface area contributed by atoms with Crippen molar-refractivity contribution >= 4 is 29.0 Å². The minimum atomic E-state index is -1.57. The van der Waals surface area contributed by atoms with Gasteiger partial charge in [-0.15, -0.1) is 11.6 Å². The first-order chi connectivity index (χ1) is 8.99. The van der Waals surface area contributed by atoms with Crippen LogP contribution in [0.25, 0.3) is 0 Å². The zero-order valence-electron chi connectivity index (χ0n) is 9.96. The second kappa shape index (κ2) is 5.74. The monoisotopic (exact) mass is 294 g/mol. The summed E-state index contributed by atoms with van der Waals surface area (Å²) in [5.74, 6) is -0.0901. The highest BCUT2D eigenvalue weighted by atomic mass is 35.5. The van der Waals surface area contributed by atoms with Gasteiger partial charge >= 0.3 is 0 Å². The minimum absolute atomic E-state index is 0.0901. The Balaban J connectivity index is 2.09. The van der Waals surface area contributed by atoms with Crippen LogP contribution in [0, 0.1) is 0 Å². The topological polar surface area (TPSA) is 37.3 Å². The lowest BCUT2D eigenvalue weighted by atomic mass is 10.0. The highest BCUT2D eigenvalue weighted by molar-refractivity contribution is 6.33. The molecule has 0 fully saturated rings.